The molecule has 0 aliphatic carbocycles. The highest BCUT2D eigenvalue weighted by molar-refractivity contribution is 7.90. The number of nitrogens with zero attached hydrogens (tertiary/aromatic N) is 4. The number of nitrogens with one attached hydrogen (secondary N) is 1. The first-order valence-electron chi connectivity index (χ1n) is 8.81. The van der Waals surface area contributed by atoms with Crippen molar-refractivity contribution in [1.82, 2.24) is 24.4 Å². The molecule has 2 aromatic heterocycles. The molecule has 1 amide bonds. The standard InChI is InChI=1S/C19H21N5O3S/c1-28(27)15-4-5-17-16(12-15)19(26)24(14-22-17)10-6-18(25)21-7-2-3-9-23-11-8-20-13-23/h4-6,8,10-14H,2-3,7,9H2,1H3,(H,21,25)/b10-6+. The maximum Gasteiger partial charge on any atom is 0.265 e. The zero-order valence-corrected chi connectivity index (χ0v) is 16.3. The molecule has 0 spiro atoms. The van der Waals surface area contributed by atoms with E-state index >= 15 is 0 Å². The average molecular weight is 399 g/mol. The van der Waals surface area contributed by atoms with E-state index in [1.807, 2.05) is 10.8 Å². The maximum absolute atomic E-state index is 12.6. The Kier molecular flexibility index (Phi) is 6.62. The lowest BCUT2D eigenvalue weighted by Crippen LogP contribution is -2.23. The number of carbonyl (C=O) groups excluding carboxylic acids is 1. The van der Waals surface area contributed by atoms with Gasteiger partial charge in [0.05, 0.1) is 17.2 Å². The molecule has 0 fully saturated rings. The maximum atomic E-state index is 12.6. The van der Waals surface area contributed by atoms with Crippen LogP contribution in [0.4, 0.5) is 0 Å². The van der Waals surface area contributed by atoms with Gasteiger partial charge in [0.2, 0.25) is 5.91 Å². The highest BCUT2D eigenvalue weighted by Crippen LogP contribution is 2.14. The molecule has 28 heavy (non-hydrogen) atoms. The van der Waals surface area contributed by atoms with Crippen LogP contribution in [0.25, 0.3) is 17.1 Å². The second-order valence-corrected chi connectivity index (χ2v) is 7.58. The molecule has 3 rings (SSSR count). The Bertz CT molecular complexity index is 1030. The number of benzene rings is 1. The van der Waals surface area contributed by atoms with E-state index in [4.69, 9.17) is 0 Å². The van der Waals surface area contributed by atoms with Gasteiger partial charge in [-0.15, -0.1) is 0 Å². The van der Waals surface area contributed by atoms with E-state index in [0.717, 1.165) is 19.4 Å². The average Bonchev–Trinajstić information content (AvgIpc) is 3.20. The van der Waals surface area contributed by atoms with E-state index in [-0.39, 0.29) is 11.5 Å². The number of aryl methyl sites for hydroxylation is 1. The quantitative estimate of drug-likeness (QED) is 0.350. The second-order valence-electron chi connectivity index (χ2n) is 6.20. The van der Waals surface area contributed by atoms with E-state index < -0.39 is 11.2 Å². The van der Waals surface area contributed by atoms with Crippen molar-refractivity contribution in [3.8, 4) is 0 Å². The molecule has 0 aliphatic rings. The minimum atomic E-state index is -1.19. The number of carbonyl (C=O) groups is 1. The zero-order valence-electron chi connectivity index (χ0n) is 15.4. The van der Waals surface area contributed by atoms with Crippen molar-refractivity contribution in [2.45, 2.75) is 24.3 Å². The summed E-state index contributed by atoms with van der Waals surface area (Å²) in [5.74, 6) is -0.280. The van der Waals surface area contributed by atoms with Gasteiger partial charge in [0, 0.05) is 43.8 Å². The highest BCUT2D eigenvalue weighted by atomic mass is 32.2. The van der Waals surface area contributed by atoms with Gasteiger partial charge in [-0.05, 0) is 36.2 Å². The third-order valence-corrected chi connectivity index (χ3v) is 5.09. The van der Waals surface area contributed by atoms with Crippen LogP contribution in [0.15, 0.2) is 59.0 Å². The predicted molar refractivity (Wildman–Crippen MR) is 108 cm³/mol. The van der Waals surface area contributed by atoms with E-state index in [2.05, 4.69) is 15.3 Å². The van der Waals surface area contributed by atoms with Crippen LogP contribution < -0.4 is 10.9 Å². The lowest BCUT2D eigenvalue weighted by Gasteiger charge is -2.06. The van der Waals surface area contributed by atoms with Crippen LogP contribution in [0.3, 0.4) is 0 Å². The van der Waals surface area contributed by atoms with Crippen LogP contribution in [0, 0.1) is 0 Å². The van der Waals surface area contributed by atoms with E-state index in [9.17, 15) is 14.1 Å². The van der Waals surface area contributed by atoms with Gasteiger partial charge in [-0.3, -0.25) is 14.2 Å². The fourth-order valence-corrected chi connectivity index (χ4v) is 3.20. The molecule has 0 radical (unpaired) electrons. The fraction of sp³-hybridized carbons (Fsp3) is 0.263. The molecule has 0 bridgehead atoms. The summed E-state index contributed by atoms with van der Waals surface area (Å²) in [5, 5.41) is 3.15. The Hall–Kier alpha value is -2.91. The highest BCUT2D eigenvalue weighted by Gasteiger charge is 2.09. The van der Waals surface area contributed by atoms with Gasteiger partial charge in [-0.1, -0.05) is 0 Å². The van der Waals surface area contributed by atoms with Crippen molar-refractivity contribution in [1.29, 1.82) is 0 Å². The molecular formula is C19H21N5O3S. The van der Waals surface area contributed by atoms with E-state index in [1.54, 1.807) is 37.0 Å². The number of rotatable bonds is 8. The summed E-state index contributed by atoms with van der Waals surface area (Å²) in [5.41, 5.74) is 0.202. The molecular weight excluding hydrogens is 378 g/mol. The predicted octanol–water partition coefficient (Wildman–Crippen LogP) is 1.40. The zero-order chi connectivity index (χ0) is 19.9. The van der Waals surface area contributed by atoms with E-state index in [1.165, 1.54) is 23.2 Å². The van der Waals surface area contributed by atoms with Crippen molar-refractivity contribution in [3.63, 3.8) is 0 Å². The van der Waals surface area contributed by atoms with Crippen molar-refractivity contribution >= 4 is 34.2 Å². The lowest BCUT2D eigenvalue weighted by molar-refractivity contribution is -0.116. The molecule has 1 unspecified atom stereocenters. The summed E-state index contributed by atoms with van der Waals surface area (Å²) in [4.78, 5) is 33.2. The first-order valence-corrected chi connectivity index (χ1v) is 10.4. The SMILES string of the molecule is C[S+]([O-])c1ccc2ncn(/C=C/C(=O)NCCCCn3ccnc3)c(=O)c2c1. The number of unbranched alkanes of at least 4 members (excludes halogenated alkanes) is 1. The van der Waals surface area contributed by atoms with Gasteiger partial charge < -0.3 is 14.4 Å². The molecule has 0 saturated carbocycles. The summed E-state index contributed by atoms with van der Waals surface area (Å²) in [7, 11) is 0. The Morgan fingerprint density at radius 1 is 1.32 bits per heavy atom. The van der Waals surface area contributed by atoms with Crippen molar-refractivity contribution in [2.24, 2.45) is 0 Å². The molecule has 1 atom stereocenters. The molecule has 9 heteroatoms. The van der Waals surface area contributed by atoms with Gasteiger partial charge in [0.1, 0.15) is 12.6 Å². The van der Waals surface area contributed by atoms with Crippen molar-refractivity contribution < 1.29 is 9.35 Å². The Morgan fingerprint density at radius 3 is 2.93 bits per heavy atom. The summed E-state index contributed by atoms with van der Waals surface area (Å²) in [6.45, 7) is 1.41. The Labute approximate surface area is 165 Å². The fourth-order valence-electron chi connectivity index (χ4n) is 2.66. The summed E-state index contributed by atoms with van der Waals surface area (Å²) in [6, 6.07) is 4.93. The molecule has 1 aromatic carbocycles. The Balaban J connectivity index is 1.56. The summed E-state index contributed by atoms with van der Waals surface area (Å²) < 4.78 is 14.9. The monoisotopic (exact) mass is 399 g/mol. The van der Waals surface area contributed by atoms with Gasteiger partial charge in [-0.2, -0.15) is 0 Å². The molecule has 0 aliphatic heterocycles. The Morgan fingerprint density at radius 2 is 2.18 bits per heavy atom. The number of hydrogen-bond acceptors (Lipinski definition) is 5. The van der Waals surface area contributed by atoms with Crippen LogP contribution in [0.2, 0.25) is 0 Å². The largest absolute Gasteiger partial charge is 0.612 e. The minimum absolute atomic E-state index is 0.280. The van der Waals surface area contributed by atoms with Crippen LogP contribution >= 0.6 is 0 Å². The van der Waals surface area contributed by atoms with Gasteiger partial charge in [0.25, 0.3) is 5.56 Å². The smallest absolute Gasteiger partial charge is 0.265 e. The van der Waals surface area contributed by atoms with Crippen LogP contribution in [-0.2, 0) is 22.5 Å². The molecule has 1 N–H and O–H groups in total. The normalized spacial score (nSPS) is 12.5. The summed E-state index contributed by atoms with van der Waals surface area (Å²) in [6.07, 6.45) is 12.8. The molecule has 8 nitrogen and oxygen atoms in total. The third-order valence-electron chi connectivity index (χ3n) is 4.17. The number of imidazole rings is 1. The number of hydrogen-bond donors (Lipinski definition) is 1. The summed E-state index contributed by atoms with van der Waals surface area (Å²) >= 11 is -1.19. The van der Waals surface area contributed by atoms with Crippen LogP contribution in [0.5, 0.6) is 0 Å². The third kappa shape index (κ3) is 5.08. The molecule has 146 valence electrons. The minimum Gasteiger partial charge on any atom is -0.612 e. The second kappa shape index (κ2) is 9.34. The topological polar surface area (TPSA) is 105 Å². The van der Waals surface area contributed by atoms with Gasteiger partial charge in [0.15, 0.2) is 4.90 Å². The first-order chi connectivity index (χ1) is 13.5. The number of amides is 1. The van der Waals surface area contributed by atoms with Crippen LogP contribution in [0.1, 0.15) is 12.8 Å². The van der Waals surface area contributed by atoms with Crippen molar-refractivity contribution in [2.75, 3.05) is 12.8 Å². The first kappa shape index (κ1) is 19.8. The molecule has 3 aromatic rings. The molecule has 2 heterocycles. The van der Waals surface area contributed by atoms with E-state index in [0.29, 0.717) is 22.3 Å². The van der Waals surface area contributed by atoms with Crippen LogP contribution in [-0.4, -0.2) is 42.4 Å². The van der Waals surface area contributed by atoms with Crippen molar-refractivity contribution in [3.05, 3.63) is 59.7 Å². The number of aromatic nitrogens is 4. The van der Waals surface area contributed by atoms with Gasteiger partial charge >= 0.3 is 0 Å². The number of fused-ring (bicyclic) bond motifs is 1. The molecule has 0 saturated heterocycles. The lowest BCUT2D eigenvalue weighted by atomic mass is 10.2. The van der Waals surface area contributed by atoms with Gasteiger partial charge in [-0.25, -0.2) is 9.97 Å².